The number of unbranched alkanes of at least 4 members (excludes halogenated alkanes) is 5. The molecular formula is C20H27BN. The van der Waals surface area contributed by atoms with E-state index in [1.165, 1.54) is 56.0 Å². The number of para-hydroxylation sites is 1. The van der Waals surface area contributed by atoms with E-state index in [0.29, 0.717) is 0 Å². The number of hydrogen-bond donors (Lipinski definition) is 1. The first kappa shape index (κ1) is 16.7. The van der Waals surface area contributed by atoms with E-state index in [-0.39, 0.29) is 0 Å². The Hall–Kier alpha value is -1.70. The summed E-state index contributed by atoms with van der Waals surface area (Å²) in [4.78, 5) is 0. The van der Waals surface area contributed by atoms with Gasteiger partial charge in [0.25, 0.3) is 0 Å². The van der Waals surface area contributed by atoms with Crippen molar-refractivity contribution in [2.75, 3.05) is 5.73 Å². The normalized spacial score (nSPS) is 10.6. The molecule has 1 radical (unpaired) electrons. The van der Waals surface area contributed by atoms with Gasteiger partial charge < -0.3 is 5.73 Å². The number of nitrogens with two attached hydrogens (primary N) is 1. The van der Waals surface area contributed by atoms with Gasteiger partial charge in [0.15, 0.2) is 7.28 Å². The third-order valence-corrected chi connectivity index (χ3v) is 4.12. The molecule has 0 saturated heterocycles. The molecule has 115 valence electrons. The molecule has 0 atom stereocenters. The zero-order valence-corrected chi connectivity index (χ0v) is 13.7. The highest BCUT2D eigenvalue weighted by Gasteiger charge is 2.02. The molecule has 0 saturated carbocycles. The van der Waals surface area contributed by atoms with Crippen LogP contribution in [0.2, 0.25) is 0 Å². The summed E-state index contributed by atoms with van der Waals surface area (Å²) in [7, 11) is 2.14. The molecule has 22 heavy (non-hydrogen) atoms. The monoisotopic (exact) mass is 292 g/mol. The van der Waals surface area contributed by atoms with Gasteiger partial charge in [0, 0.05) is 5.69 Å². The lowest BCUT2D eigenvalue weighted by Crippen LogP contribution is -2.29. The molecule has 2 N–H and O–H groups in total. The summed E-state index contributed by atoms with van der Waals surface area (Å²) in [5.74, 6) is 0. The molecule has 0 spiro atoms. The van der Waals surface area contributed by atoms with Gasteiger partial charge in [-0.25, -0.2) is 0 Å². The molecule has 2 aromatic rings. The fourth-order valence-corrected chi connectivity index (χ4v) is 2.71. The first-order chi connectivity index (χ1) is 10.8. The highest BCUT2D eigenvalue weighted by molar-refractivity contribution is 6.68. The van der Waals surface area contributed by atoms with Crippen molar-refractivity contribution in [3.05, 3.63) is 54.1 Å². The third kappa shape index (κ3) is 5.59. The van der Waals surface area contributed by atoms with Gasteiger partial charge in [-0.15, -0.1) is 0 Å². The molecule has 1 nitrogen and oxygen atoms in total. The van der Waals surface area contributed by atoms with E-state index in [4.69, 9.17) is 5.73 Å². The second-order valence-electron chi connectivity index (χ2n) is 6.03. The van der Waals surface area contributed by atoms with Crippen LogP contribution in [-0.2, 0) is 6.42 Å². The Balaban J connectivity index is 1.77. The van der Waals surface area contributed by atoms with Gasteiger partial charge in [-0.2, -0.15) is 0 Å². The summed E-state index contributed by atoms with van der Waals surface area (Å²) in [6.07, 6.45) is 9.33. The fourth-order valence-electron chi connectivity index (χ4n) is 2.71. The van der Waals surface area contributed by atoms with Crippen LogP contribution >= 0.6 is 0 Å². The van der Waals surface area contributed by atoms with Gasteiger partial charge >= 0.3 is 0 Å². The van der Waals surface area contributed by atoms with E-state index in [2.05, 4.69) is 44.5 Å². The second kappa shape index (κ2) is 9.35. The van der Waals surface area contributed by atoms with Gasteiger partial charge in [0.05, 0.1) is 0 Å². The Bertz CT molecular complexity index is 548. The average Bonchev–Trinajstić information content (AvgIpc) is 2.54. The van der Waals surface area contributed by atoms with Crippen molar-refractivity contribution >= 4 is 23.9 Å². The van der Waals surface area contributed by atoms with Crippen LogP contribution in [0, 0.1) is 0 Å². The minimum absolute atomic E-state index is 0.832. The maximum Gasteiger partial charge on any atom is 0.194 e. The predicted octanol–water partition coefficient (Wildman–Crippen LogP) is 3.83. The molecule has 0 aliphatic heterocycles. The molecule has 2 heteroatoms. The summed E-state index contributed by atoms with van der Waals surface area (Å²) in [6.45, 7) is 2.27. The number of benzene rings is 2. The minimum Gasteiger partial charge on any atom is -0.399 e. The quantitative estimate of drug-likeness (QED) is 0.424. The van der Waals surface area contributed by atoms with E-state index in [9.17, 15) is 0 Å². The molecule has 0 bridgehead atoms. The van der Waals surface area contributed by atoms with Crippen molar-refractivity contribution in [3.63, 3.8) is 0 Å². The molecule has 0 aliphatic carbocycles. The Morgan fingerprint density at radius 3 is 2.23 bits per heavy atom. The number of anilines is 1. The molecule has 2 aromatic carbocycles. The highest BCUT2D eigenvalue weighted by atomic mass is 14.5. The van der Waals surface area contributed by atoms with Crippen LogP contribution in [0.1, 0.15) is 51.0 Å². The number of hydrogen-bond acceptors (Lipinski definition) is 1. The van der Waals surface area contributed by atoms with E-state index in [0.717, 1.165) is 11.2 Å². The Morgan fingerprint density at radius 2 is 1.50 bits per heavy atom. The van der Waals surface area contributed by atoms with E-state index in [1.54, 1.807) is 0 Å². The smallest absolute Gasteiger partial charge is 0.194 e. The van der Waals surface area contributed by atoms with Crippen LogP contribution in [0.25, 0.3) is 0 Å². The van der Waals surface area contributed by atoms with Crippen molar-refractivity contribution in [2.24, 2.45) is 0 Å². The summed E-state index contributed by atoms with van der Waals surface area (Å²) in [6, 6.07) is 16.9. The Morgan fingerprint density at radius 1 is 0.818 bits per heavy atom. The molecule has 0 fully saturated rings. The van der Waals surface area contributed by atoms with E-state index < -0.39 is 0 Å². The van der Waals surface area contributed by atoms with Crippen LogP contribution in [-0.4, -0.2) is 7.28 Å². The van der Waals surface area contributed by atoms with Crippen molar-refractivity contribution in [1.29, 1.82) is 0 Å². The zero-order valence-electron chi connectivity index (χ0n) is 13.7. The predicted molar refractivity (Wildman–Crippen MR) is 99.4 cm³/mol. The molecule has 0 unspecified atom stereocenters. The lowest BCUT2D eigenvalue weighted by Gasteiger charge is -2.06. The molecular weight excluding hydrogens is 265 g/mol. The van der Waals surface area contributed by atoms with Crippen LogP contribution < -0.4 is 16.7 Å². The van der Waals surface area contributed by atoms with Crippen molar-refractivity contribution in [1.82, 2.24) is 0 Å². The first-order valence-corrected chi connectivity index (χ1v) is 8.58. The average molecular weight is 292 g/mol. The second-order valence-corrected chi connectivity index (χ2v) is 6.03. The van der Waals surface area contributed by atoms with Gasteiger partial charge in [0.1, 0.15) is 0 Å². The van der Waals surface area contributed by atoms with Crippen LogP contribution in [0.5, 0.6) is 0 Å². The summed E-state index contributed by atoms with van der Waals surface area (Å²) in [5, 5.41) is 0. The topological polar surface area (TPSA) is 26.0 Å². The van der Waals surface area contributed by atoms with Crippen molar-refractivity contribution in [2.45, 2.75) is 51.9 Å². The van der Waals surface area contributed by atoms with Gasteiger partial charge in [0.2, 0.25) is 0 Å². The first-order valence-electron chi connectivity index (χ1n) is 8.58. The summed E-state index contributed by atoms with van der Waals surface area (Å²) >= 11 is 0. The molecule has 0 aliphatic rings. The van der Waals surface area contributed by atoms with Crippen molar-refractivity contribution < 1.29 is 0 Å². The Labute approximate surface area is 136 Å². The standard InChI is InChI=1S/C20H27BN/c1-2-3-4-5-6-7-10-17-13-15-18(16-14-17)21-19-11-8-9-12-20(19)22/h8-9,11-16H,2-7,10,22H2,1H3. The number of nitrogen functional groups attached to an aromatic ring is 1. The Kier molecular flexibility index (Phi) is 7.08. The minimum atomic E-state index is 0.832. The zero-order chi connectivity index (χ0) is 15.6. The number of aryl methyl sites for hydroxylation is 1. The lowest BCUT2D eigenvalue weighted by molar-refractivity contribution is 0.607. The summed E-state index contributed by atoms with van der Waals surface area (Å²) in [5.41, 5.74) is 10.6. The summed E-state index contributed by atoms with van der Waals surface area (Å²) < 4.78 is 0. The SMILES string of the molecule is CCCCCCCCc1ccc([B]c2ccccc2N)cc1. The molecule has 0 aromatic heterocycles. The molecule has 0 heterocycles. The van der Waals surface area contributed by atoms with Crippen LogP contribution in [0.4, 0.5) is 5.69 Å². The van der Waals surface area contributed by atoms with Crippen molar-refractivity contribution in [3.8, 4) is 0 Å². The third-order valence-electron chi connectivity index (χ3n) is 4.12. The number of rotatable bonds is 9. The highest BCUT2D eigenvalue weighted by Crippen LogP contribution is 2.09. The lowest BCUT2D eigenvalue weighted by atomic mass is 9.63. The van der Waals surface area contributed by atoms with Crippen LogP contribution in [0.15, 0.2) is 48.5 Å². The van der Waals surface area contributed by atoms with E-state index >= 15 is 0 Å². The van der Waals surface area contributed by atoms with Crippen LogP contribution in [0.3, 0.4) is 0 Å². The maximum absolute atomic E-state index is 5.98. The van der Waals surface area contributed by atoms with Gasteiger partial charge in [-0.3, -0.25) is 0 Å². The maximum atomic E-state index is 5.98. The van der Waals surface area contributed by atoms with Gasteiger partial charge in [-0.05, 0) is 24.5 Å². The molecule has 2 rings (SSSR count). The van der Waals surface area contributed by atoms with E-state index in [1.807, 2.05) is 18.2 Å². The fraction of sp³-hybridized carbons (Fsp3) is 0.400. The largest absolute Gasteiger partial charge is 0.399 e. The van der Waals surface area contributed by atoms with Gasteiger partial charge in [-0.1, -0.05) is 92.4 Å². The molecule has 0 amide bonds.